The Balaban J connectivity index is 1.89. The maximum atomic E-state index is 12.8. The van der Waals surface area contributed by atoms with Crippen LogP contribution < -0.4 is 18.9 Å². The Kier molecular flexibility index (Phi) is 6.47. The van der Waals surface area contributed by atoms with Crippen molar-refractivity contribution < 1.29 is 28.5 Å². The van der Waals surface area contributed by atoms with Gasteiger partial charge in [-0.15, -0.1) is 0 Å². The lowest BCUT2D eigenvalue weighted by atomic mass is 10.1. The number of hydrogen-bond acceptors (Lipinski definition) is 6. The number of esters is 2. The van der Waals surface area contributed by atoms with Crippen LogP contribution in [0.5, 0.6) is 23.0 Å². The van der Waals surface area contributed by atoms with E-state index in [0.717, 1.165) is 0 Å². The van der Waals surface area contributed by atoms with Crippen molar-refractivity contribution in [2.24, 2.45) is 0 Å². The highest BCUT2D eigenvalue weighted by Crippen LogP contribution is 2.51. The van der Waals surface area contributed by atoms with E-state index in [9.17, 15) is 9.59 Å². The van der Waals surface area contributed by atoms with E-state index in [1.54, 1.807) is 78.9 Å². The minimum absolute atomic E-state index is 0.0902. The number of rotatable bonds is 6. The number of fused-ring (bicyclic) bond motifs is 1. The molecular weight excluding hydrogens is 444 g/mol. The van der Waals surface area contributed by atoms with Gasteiger partial charge in [-0.3, -0.25) is 0 Å². The fourth-order valence-electron chi connectivity index (χ4n) is 3.38. The Bertz CT molecular complexity index is 1320. The Hall–Kier alpha value is -4.03. The molecule has 4 rings (SSSR count). The van der Waals surface area contributed by atoms with Gasteiger partial charge in [-0.25, -0.2) is 9.59 Å². The monoisotopic (exact) mass is 462 g/mol. The van der Waals surface area contributed by atoms with Gasteiger partial charge in [0.2, 0.25) is 11.5 Å². The molecular formula is C26H19ClO6. The molecule has 0 atom stereocenters. The third-order valence-electron chi connectivity index (χ3n) is 4.91. The first-order chi connectivity index (χ1) is 16.0. The van der Waals surface area contributed by atoms with Crippen LogP contribution in [-0.4, -0.2) is 26.2 Å². The predicted octanol–water partition coefficient (Wildman–Crippen LogP) is 5.95. The van der Waals surface area contributed by atoms with E-state index in [0.29, 0.717) is 26.9 Å². The van der Waals surface area contributed by atoms with E-state index in [1.165, 1.54) is 14.2 Å². The van der Waals surface area contributed by atoms with E-state index in [1.807, 2.05) is 0 Å². The Morgan fingerprint density at radius 2 is 1.06 bits per heavy atom. The third kappa shape index (κ3) is 4.47. The van der Waals surface area contributed by atoms with Crippen molar-refractivity contribution in [1.29, 1.82) is 0 Å². The molecule has 0 bridgehead atoms. The molecule has 0 heterocycles. The molecule has 0 unspecified atom stereocenters. The molecule has 0 aliphatic heterocycles. The van der Waals surface area contributed by atoms with Crippen molar-refractivity contribution in [2.75, 3.05) is 14.2 Å². The SMILES string of the molecule is COc1c(OC)c(OC(=O)c2ccccc2)c2cc(Cl)ccc2c1OC(=O)c1ccccc1. The first-order valence-electron chi connectivity index (χ1n) is 9.95. The van der Waals surface area contributed by atoms with Crippen LogP contribution in [0, 0.1) is 0 Å². The Morgan fingerprint density at radius 3 is 1.52 bits per heavy atom. The third-order valence-corrected chi connectivity index (χ3v) is 5.14. The molecule has 4 aromatic carbocycles. The minimum Gasteiger partial charge on any atom is -0.490 e. The van der Waals surface area contributed by atoms with Gasteiger partial charge in [-0.2, -0.15) is 0 Å². The van der Waals surface area contributed by atoms with E-state index in [-0.39, 0.29) is 23.0 Å². The molecule has 166 valence electrons. The summed E-state index contributed by atoms with van der Waals surface area (Å²) in [5.41, 5.74) is 0.716. The molecule has 4 aromatic rings. The smallest absolute Gasteiger partial charge is 0.343 e. The lowest BCUT2D eigenvalue weighted by molar-refractivity contribution is 0.0714. The summed E-state index contributed by atoms with van der Waals surface area (Å²) in [6, 6.07) is 22.0. The van der Waals surface area contributed by atoms with Crippen molar-refractivity contribution in [3.05, 3.63) is 95.0 Å². The van der Waals surface area contributed by atoms with Crippen molar-refractivity contribution in [1.82, 2.24) is 0 Å². The normalized spacial score (nSPS) is 10.5. The van der Waals surface area contributed by atoms with E-state index >= 15 is 0 Å². The summed E-state index contributed by atoms with van der Waals surface area (Å²) in [5.74, 6) is -0.762. The number of ether oxygens (including phenoxy) is 4. The van der Waals surface area contributed by atoms with Gasteiger partial charge in [-0.05, 0) is 42.5 Å². The quantitative estimate of drug-likeness (QED) is 0.260. The Labute approximate surface area is 195 Å². The summed E-state index contributed by atoms with van der Waals surface area (Å²) < 4.78 is 22.6. The fraction of sp³-hybridized carbons (Fsp3) is 0.0769. The van der Waals surface area contributed by atoms with E-state index < -0.39 is 11.9 Å². The minimum atomic E-state index is -0.591. The summed E-state index contributed by atoms with van der Waals surface area (Å²) in [7, 11) is 2.80. The second kappa shape index (κ2) is 9.63. The van der Waals surface area contributed by atoms with Crippen LogP contribution in [0.15, 0.2) is 78.9 Å². The van der Waals surface area contributed by atoms with Crippen molar-refractivity contribution in [2.45, 2.75) is 0 Å². The molecule has 0 aliphatic carbocycles. The van der Waals surface area contributed by atoms with Gasteiger partial charge in [-0.1, -0.05) is 48.0 Å². The second-order valence-corrected chi connectivity index (χ2v) is 7.36. The first kappa shape index (κ1) is 22.2. The van der Waals surface area contributed by atoms with Crippen LogP contribution in [0.3, 0.4) is 0 Å². The molecule has 0 amide bonds. The Morgan fingerprint density at radius 1 is 0.606 bits per heavy atom. The van der Waals surface area contributed by atoms with Crippen LogP contribution in [0.2, 0.25) is 5.02 Å². The number of carbonyl (C=O) groups excluding carboxylic acids is 2. The van der Waals surface area contributed by atoms with Gasteiger partial charge in [0.25, 0.3) is 0 Å². The number of hydrogen-bond donors (Lipinski definition) is 0. The highest BCUT2D eigenvalue weighted by molar-refractivity contribution is 6.31. The molecule has 0 saturated carbocycles. The zero-order valence-corrected chi connectivity index (χ0v) is 18.6. The van der Waals surface area contributed by atoms with Crippen molar-refractivity contribution in [3.8, 4) is 23.0 Å². The molecule has 33 heavy (non-hydrogen) atoms. The number of halogens is 1. The van der Waals surface area contributed by atoms with Crippen LogP contribution >= 0.6 is 11.6 Å². The highest BCUT2D eigenvalue weighted by atomic mass is 35.5. The zero-order valence-electron chi connectivity index (χ0n) is 17.8. The molecule has 0 saturated heterocycles. The lowest BCUT2D eigenvalue weighted by Gasteiger charge is -2.19. The molecule has 6 nitrogen and oxygen atoms in total. The number of carbonyl (C=O) groups is 2. The molecule has 0 radical (unpaired) electrons. The summed E-state index contributed by atoms with van der Waals surface area (Å²) in [4.78, 5) is 25.6. The standard InChI is InChI=1S/C26H19ClO6/c1-30-23-21(32-25(28)16-9-5-3-6-10-16)19-14-13-18(27)15-20(19)22(24(23)31-2)33-26(29)17-11-7-4-8-12-17/h3-15H,1-2H3. The number of benzene rings is 4. The van der Waals surface area contributed by atoms with Gasteiger partial charge in [0.05, 0.1) is 25.3 Å². The van der Waals surface area contributed by atoms with Crippen LogP contribution in [0.25, 0.3) is 10.8 Å². The molecule has 7 heteroatoms. The predicted molar refractivity (Wildman–Crippen MR) is 125 cm³/mol. The van der Waals surface area contributed by atoms with Crippen LogP contribution in [0.4, 0.5) is 0 Å². The lowest BCUT2D eigenvalue weighted by Crippen LogP contribution is -2.12. The summed E-state index contributed by atoms with van der Waals surface area (Å²) in [6.07, 6.45) is 0. The zero-order chi connectivity index (χ0) is 23.4. The average Bonchev–Trinajstić information content (AvgIpc) is 2.85. The molecule has 0 fully saturated rings. The van der Waals surface area contributed by atoms with Gasteiger partial charge < -0.3 is 18.9 Å². The topological polar surface area (TPSA) is 71.1 Å². The van der Waals surface area contributed by atoms with Gasteiger partial charge in [0.15, 0.2) is 11.5 Å². The van der Waals surface area contributed by atoms with Crippen LogP contribution in [0.1, 0.15) is 20.7 Å². The van der Waals surface area contributed by atoms with Crippen molar-refractivity contribution in [3.63, 3.8) is 0 Å². The molecule has 0 aromatic heterocycles. The maximum Gasteiger partial charge on any atom is 0.343 e. The maximum absolute atomic E-state index is 12.8. The summed E-state index contributed by atoms with van der Waals surface area (Å²) in [5, 5.41) is 1.27. The van der Waals surface area contributed by atoms with E-state index in [2.05, 4.69) is 0 Å². The molecule has 0 spiro atoms. The first-order valence-corrected chi connectivity index (χ1v) is 10.3. The van der Waals surface area contributed by atoms with E-state index in [4.69, 9.17) is 30.5 Å². The largest absolute Gasteiger partial charge is 0.490 e. The summed E-state index contributed by atoms with van der Waals surface area (Å²) in [6.45, 7) is 0. The van der Waals surface area contributed by atoms with Gasteiger partial charge in [0.1, 0.15) is 0 Å². The second-order valence-electron chi connectivity index (χ2n) is 6.93. The molecule has 0 N–H and O–H groups in total. The van der Waals surface area contributed by atoms with Crippen molar-refractivity contribution >= 4 is 34.3 Å². The fourth-order valence-corrected chi connectivity index (χ4v) is 3.55. The average molecular weight is 463 g/mol. The molecule has 0 aliphatic rings. The van der Waals surface area contributed by atoms with Crippen LogP contribution in [-0.2, 0) is 0 Å². The highest BCUT2D eigenvalue weighted by Gasteiger charge is 2.27. The van der Waals surface area contributed by atoms with Gasteiger partial charge in [0, 0.05) is 15.8 Å². The number of methoxy groups -OCH3 is 2. The summed E-state index contributed by atoms with van der Waals surface area (Å²) >= 11 is 6.25. The van der Waals surface area contributed by atoms with Gasteiger partial charge >= 0.3 is 11.9 Å².